The highest BCUT2D eigenvalue weighted by atomic mass is 35.5. The van der Waals surface area contributed by atoms with Crippen LogP contribution in [0.15, 0.2) is 27.8 Å². The van der Waals surface area contributed by atoms with Crippen molar-refractivity contribution in [3.8, 4) is 0 Å². The number of benzene rings is 1. The number of rotatable bonds is 1. The van der Waals surface area contributed by atoms with Gasteiger partial charge in [0, 0.05) is 16.0 Å². The Balaban J connectivity index is 2.75. The summed E-state index contributed by atoms with van der Waals surface area (Å²) in [5.41, 5.74) is 6.94. The first kappa shape index (κ1) is 9.86. The van der Waals surface area contributed by atoms with Crippen molar-refractivity contribution in [2.75, 3.05) is 0 Å². The van der Waals surface area contributed by atoms with E-state index in [-0.39, 0.29) is 5.84 Å². The first-order valence-corrected chi connectivity index (χ1v) is 4.68. The summed E-state index contributed by atoms with van der Waals surface area (Å²) >= 11 is 5.86. The van der Waals surface area contributed by atoms with Crippen LogP contribution >= 0.6 is 11.6 Å². The number of oxime groups is 1. The van der Waals surface area contributed by atoms with Gasteiger partial charge in [-0.25, -0.2) is 0 Å². The number of fused-ring (bicyclic) bond motifs is 1. The van der Waals surface area contributed by atoms with Crippen LogP contribution in [0.1, 0.15) is 11.3 Å². The summed E-state index contributed by atoms with van der Waals surface area (Å²) in [6, 6.07) is 5.26. The molecule has 2 aromatic rings. The molecule has 0 radical (unpaired) electrons. The van der Waals surface area contributed by atoms with Gasteiger partial charge in [-0.05, 0) is 25.1 Å². The zero-order valence-electron chi connectivity index (χ0n) is 7.99. The van der Waals surface area contributed by atoms with E-state index < -0.39 is 0 Å². The molecular formula is C10H9ClN2O2. The second-order valence-corrected chi connectivity index (χ2v) is 3.62. The van der Waals surface area contributed by atoms with Gasteiger partial charge in [-0.15, -0.1) is 0 Å². The molecule has 0 atom stereocenters. The molecule has 1 aromatic carbocycles. The summed E-state index contributed by atoms with van der Waals surface area (Å²) in [4.78, 5) is 0. The third-order valence-electron chi connectivity index (χ3n) is 2.24. The van der Waals surface area contributed by atoms with Crippen molar-refractivity contribution in [1.29, 1.82) is 0 Å². The smallest absolute Gasteiger partial charge is 0.206 e. The maximum atomic E-state index is 8.57. The fourth-order valence-electron chi connectivity index (χ4n) is 1.48. The molecule has 1 heterocycles. The van der Waals surface area contributed by atoms with Crippen molar-refractivity contribution in [2.24, 2.45) is 10.9 Å². The monoisotopic (exact) mass is 224 g/mol. The third-order valence-corrected chi connectivity index (χ3v) is 2.47. The van der Waals surface area contributed by atoms with E-state index in [1.165, 1.54) is 0 Å². The predicted molar refractivity (Wildman–Crippen MR) is 58.5 cm³/mol. The number of halogens is 1. The van der Waals surface area contributed by atoms with Crippen LogP contribution in [0.25, 0.3) is 11.0 Å². The maximum Gasteiger partial charge on any atom is 0.206 e. The lowest BCUT2D eigenvalue weighted by Crippen LogP contribution is -2.13. The topological polar surface area (TPSA) is 71.8 Å². The van der Waals surface area contributed by atoms with E-state index in [2.05, 4.69) is 5.16 Å². The van der Waals surface area contributed by atoms with Crippen LogP contribution in [-0.2, 0) is 0 Å². The highest BCUT2D eigenvalue weighted by molar-refractivity contribution is 6.31. The number of furan rings is 1. The molecule has 3 N–H and O–H groups in total. The molecule has 0 bridgehead atoms. The molecule has 0 saturated carbocycles. The SMILES string of the molecule is Cc1c(C(N)=NO)oc2ccc(Cl)cc12. The summed E-state index contributed by atoms with van der Waals surface area (Å²) in [5.74, 6) is 0.328. The standard InChI is InChI=1S/C10H9ClN2O2/c1-5-7-4-6(11)2-3-8(7)15-9(5)10(12)13-14/h2-4,14H,1H3,(H2,12,13). The molecule has 5 heteroatoms. The minimum Gasteiger partial charge on any atom is -0.452 e. The van der Waals surface area contributed by atoms with E-state index >= 15 is 0 Å². The highest BCUT2D eigenvalue weighted by Gasteiger charge is 2.13. The second kappa shape index (κ2) is 3.47. The fraction of sp³-hybridized carbons (Fsp3) is 0.100. The Morgan fingerprint density at radius 3 is 2.93 bits per heavy atom. The Morgan fingerprint density at radius 1 is 1.53 bits per heavy atom. The van der Waals surface area contributed by atoms with Crippen LogP contribution in [0.2, 0.25) is 5.02 Å². The quantitative estimate of drug-likeness (QED) is 0.338. The Labute approximate surface area is 90.9 Å². The van der Waals surface area contributed by atoms with E-state index in [9.17, 15) is 0 Å². The van der Waals surface area contributed by atoms with E-state index in [1.807, 2.05) is 6.92 Å². The third kappa shape index (κ3) is 1.53. The molecule has 0 aliphatic carbocycles. The predicted octanol–water partition coefficient (Wildman–Crippen LogP) is 2.49. The number of nitrogens with zero attached hydrogens (tertiary/aromatic N) is 1. The van der Waals surface area contributed by atoms with Gasteiger partial charge in [-0.1, -0.05) is 16.8 Å². The van der Waals surface area contributed by atoms with Crippen molar-refractivity contribution in [3.63, 3.8) is 0 Å². The molecule has 78 valence electrons. The molecular weight excluding hydrogens is 216 g/mol. The van der Waals surface area contributed by atoms with Gasteiger partial charge >= 0.3 is 0 Å². The molecule has 1 aromatic heterocycles. The normalized spacial score (nSPS) is 12.3. The lowest BCUT2D eigenvalue weighted by Gasteiger charge is -1.93. The second-order valence-electron chi connectivity index (χ2n) is 3.18. The van der Waals surface area contributed by atoms with Crippen molar-refractivity contribution in [1.82, 2.24) is 0 Å². The van der Waals surface area contributed by atoms with E-state index in [0.717, 1.165) is 10.9 Å². The summed E-state index contributed by atoms with van der Waals surface area (Å²) < 4.78 is 5.43. The van der Waals surface area contributed by atoms with E-state index in [4.69, 9.17) is 27.0 Å². The summed E-state index contributed by atoms with van der Waals surface area (Å²) in [6.45, 7) is 1.83. The molecule has 0 spiro atoms. The Kier molecular flexibility index (Phi) is 2.28. The number of aryl methyl sites for hydroxylation is 1. The summed E-state index contributed by atoms with van der Waals surface area (Å²) in [6.07, 6.45) is 0. The van der Waals surface area contributed by atoms with Gasteiger partial charge in [0.15, 0.2) is 5.76 Å². The van der Waals surface area contributed by atoms with Gasteiger partial charge in [0.25, 0.3) is 0 Å². The maximum absolute atomic E-state index is 8.57. The number of hydrogen-bond acceptors (Lipinski definition) is 3. The molecule has 0 aliphatic rings. The first-order chi connectivity index (χ1) is 7.13. The Bertz CT molecular complexity index is 546. The molecule has 15 heavy (non-hydrogen) atoms. The average molecular weight is 225 g/mol. The fourth-order valence-corrected chi connectivity index (χ4v) is 1.65. The van der Waals surface area contributed by atoms with E-state index in [1.54, 1.807) is 18.2 Å². The number of hydrogen-bond donors (Lipinski definition) is 2. The Morgan fingerprint density at radius 2 is 2.27 bits per heavy atom. The largest absolute Gasteiger partial charge is 0.452 e. The van der Waals surface area contributed by atoms with Crippen LogP contribution < -0.4 is 5.73 Å². The van der Waals surface area contributed by atoms with Gasteiger partial charge in [0.2, 0.25) is 5.84 Å². The highest BCUT2D eigenvalue weighted by Crippen LogP contribution is 2.27. The van der Waals surface area contributed by atoms with Gasteiger partial charge in [-0.2, -0.15) is 0 Å². The molecule has 0 fully saturated rings. The number of nitrogens with two attached hydrogens (primary N) is 1. The van der Waals surface area contributed by atoms with Crippen LogP contribution in [0, 0.1) is 6.92 Å². The molecule has 0 unspecified atom stereocenters. The van der Waals surface area contributed by atoms with Crippen LogP contribution in [-0.4, -0.2) is 11.0 Å². The molecule has 0 saturated heterocycles. The van der Waals surface area contributed by atoms with Gasteiger partial charge in [0.1, 0.15) is 5.58 Å². The summed E-state index contributed by atoms with van der Waals surface area (Å²) in [7, 11) is 0. The van der Waals surface area contributed by atoms with Crippen LogP contribution in [0.3, 0.4) is 0 Å². The van der Waals surface area contributed by atoms with Crippen molar-refractivity contribution in [2.45, 2.75) is 6.92 Å². The Hall–Kier alpha value is -1.68. The van der Waals surface area contributed by atoms with Gasteiger partial charge in [0.05, 0.1) is 0 Å². The molecule has 0 aliphatic heterocycles. The zero-order valence-corrected chi connectivity index (χ0v) is 8.75. The zero-order chi connectivity index (χ0) is 11.0. The minimum absolute atomic E-state index is 0.0418. The average Bonchev–Trinajstić information content (AvgIpc) is 2.55. The van der Waals surface area contributed by atoms with Crippen molar-refractivity contribution >= 4 is 28.4 Å². The molecule has 0 amide bonds. The number of amidine groups is 1. The van der Waals surface area contributed by atoms with Crippen LogP contribution in [0.4, 0.5) is 0 Å². The van der Waals surface area contributed by atoms with Gasteiger partial charge in [-0.3, -0.25) is 0 Å². The lowest BCUT2D eigenvalue weighted by molar-refractivity contribution is 0.317. The van der Waals surface area contributed by atoms with Gasteiger partial charge < -0.3 is 15.4 Å². The molecule has 4 nitrogen and oxygen atoms in total. The van der Waals surface area contributed by atoms with Crippen molar-refractivity contribution < 1.29 is 9.62 Å². The van der Waals surface area contributed by atoms with Crippen LogP contribution in [0.5, 0.6) is 0 Å². The molecule has 2 rings (SSSR count). The first-order valence-electron chi connectivity index (χ1n) is 4.30. The minimum atomic E-state index is -0.0418. The van der Waals surface area contributed by atoms with Crippen molar-refractivity contribution in [3.05, 3.63) is 34.5 Å². The lowest BCUT2D eigenvalue weighted by atomic mass is 10.1. The van der Waals surface area contributed by atoms with E-state index in [0.29, 0.717) is 16.4 Å². The summed E-state index contributed by atoms with van der Waals surface area (Å²) in [5, 5.41) is 13.0.